The van der Waals surface area contributed by atoms with E-state index in [1.165, 1.54) is 37.7 Å². The molecule has 0 atom stereocenters. The largest absolute Gasteiger partial charge is 0.470 e. The van der Waals surface area contributed by atoms with Gasteiger partial charge in [0.2, 0.25) is 5.88 Å². The van der Waals surface area contributed by atoms with Crippen molar-refractivity contribution in [2.24, 2.45) is 0 Å². The monoisotopic (exact) mass is 288 g/mol. The molecule has 0 radical (unpaired) electrons. The van der Waals surface area contributed by atoms with Gasteiger partial charge in [0.1, 0.15) is 23.7 Å². The topological polar surface area (TPSA) is 61.3 Å². The summed E-state index contributed by atoms with van der Waals surface area (Å²) in [7, 11) is 1.25. The maximum atomic E-state index is 13.5. The molecule has 0 aliphatic carbocycles. The molecule has 0 bridgehead atoms. The highest BCUT2D eigenvalue weighted by Crippen LogP contribution is 2.22. The Balaban J connectivity index is 2.30. The van der Waals surface area contributed by atoms with Crippen LogP contribution in [0.3, 0.4) is 0 Å². The van der Waals surface area contributed by atoms with Gasteiger partial charge in [-0.25, -0.2) is 14.2 Å². The smallest absolute Gasteiger partial charge is 0.344 e. The van der Waals surface area contributed by atoms with Crippen LogP contribution in [0.1, 0.15) is 21.6 Å². The Morgan fingerprint density at radius 3 is 2.86 bits per heavy atom. The van der Waals surface area contributed by atoms with Gasteiger partial charge in [-0.15, -0.1) is 0 Å². The van der Waals surface area contributed by atoms with Gasteiger partial charge in [-0.3, -0.25) is 4.98 Å². The van der Waals surface area contributed by atoms with Crippen molar-refractivity contribution in [3.8, 4) is 5.88 Å². The lowest BCUT2D eigenvalue weighted by Crippen LogP contribution is -2.10. The molecule has 21 heavy (non-hydrogen) atoms. The van der Waals surface area contributed by atoms with Crippen LogP contribution in [0.25, 0.3) is 6.08 Å². The van der Waals surface area contributed by atoms with Gasteiger partial charge in [-0.05, 0) is 23.8 Å². The number of halogens is 1. The Morgan fingerprint density at radius 2 is 2.19 bits per heavy atom. The van der Waals surface area contributed by atoms with E-state index in [4.69, 9.17) is 9.47 Å². The van der Waals surface area contributed by atoms with Crippen LogP contribution in [0.15, 0.2) is 37.2 Å². The molecule has 0 saturated heterocycles. The molecule has 0 aliphatic rings. The molecule has 2 rings (SSSR count). The van der Waals surface area contributed by atoms with E-state index >= 15 is 0 Å². The van der Waals surface area contributed by atoms with E-state index in [1.54, 1.807) is 6.07 Å². The summed E-state index contributed by atoms with van der Waals surface area (Å²) in [5, 5.41) is 0. The fourth-order valence-corrected chi connectivity index (χ4v) is 1.70. The molecule has 0 unspecified atom stereocenters. The number of methoxy groups -OCH3 is 1. The molecule has 6 heteroatoms. The van der Waals surface area contributed by atoms with Crippen LogP contribution in [-0.4, -0.2) is 23.0 Å². The zero-order chi connectivity index (χ0) is 15.2. The number of pyridine rings is 2. The van der Waals surface area contributed by atoms with Crippen molar-refractivity contribution in [1.29, 1.82) is 0 Å². The number of rotatable bonds is 5. The summed E-state index contributed by atoms with van der Waals surface area (Å²) in [4.78, 5) is 19.7. The van der Waals surface area contributed by atoms with E-state index in [9.17, 15) is 9.18 Å². The lowest BCUT2D eigenvalue weighted by atomic mass is 10.1. The molecule has 2 heterocycles. The van der Waals surface area contributed by atoms with Crippen LogP contribution in [0.4, 0.5) is 4.39 Å². The summed E-state index contributed by atoms with van der Waals surface area (Å²) in [6, 6.07) is 4.36. The molecule has 108 valence electrons. The van der Waals surface area contributed by atoms with Crippen molar-refractivity contribution in [3.63, 3.8) is 0 Å². The standard InChI is InChI=1S/C15H13FN2O3/c1-3-10-6-8-18-14(13(10)15(19)20-2)21-9-12-11(16)5-4-7-17-12/h3-8H,1,9H2,2H3. The average molecular weight is 288 g/mol. The van der Waals surface area contributed by atoms with Gasteiger partial charge in [-0.1, -0.05) is 12.7 Å². The highest BCUT2D eigenvalue weighted by atomic mass is 19.1. The van der Waals surface area contributed by atoms with Crippen LogP contribution in [0.5, 0.6) is 5.88 Å². The van der Waals surface area contributed by atoms with Crippen LogP contribution in [0, 0.1) is 5.82 Å². The fourth-order valence-electron chi connectivity index (χ4n) is 1.70. The number of ether oxygens (including phenoxy) is 2. The highest BCUT2D eigenvalue weighted by Gasteiger charge is 2.18. The maximum Gasteiger partial charge on any atom is 0.344 e. The van der Waals surface area contributed by atoms with Gasteiger partial charge in [0.05, 0.1) is 7.11 Å². The Kier molecular flexibility index (Phi) is 4.61. The predicted octanol–water partition coefficient (Wildman–Crippen LogP) is 2.62. The van der Waals surface area contributed by atoms with Crippen molar-refractivity contribution in [2.75, 3.05) is 7.11 Å². The minimum atomic E-state index is -0.602. The maximum absolute atomic E-state index is 13.5. The van der Waals surface area contributed by atoms with Gasteiger partial charge >= 0.3 is 5.97 Å². The number of esters is 1. The quantitative estimate of drug-likeness (QED) is 0.791. The SMILES string of the molecule is C=Cc1ccnc(OCc2ncccc2F)c1C(=O)OC. The van der Waals surface area contributed by atoms with Crippen molar-refractivity contribution >= 4 is 12.0 Å². The predicted molar refractivity (Wildman–Crippen MR) is 74.2 cm³/mol. The second kappa shape index (κ2) is 6.60. The van der Waals surface area contributed by atoms with E-state index in [0.717, 1.165) is 0 Å². The van der Waals surface area contributed by atoms with E-state index < -0.39 is 11.8 Å². The van der Waals surface area contributed by atoms with Crippen molar-refractivity contribution < 1.29 is 18.7 Å². The number of carbonyl (C=O) groups excluding carboxylic acids is 1. The third-order valence-corrected chi connectivity index (χ3v) is 2.74. The van der Waals surface area contributed by atoms with Gasteiger partial charge in [0.25, 0.3) is 0 Å². The van der Waals surface area contributed by atoms with Crippen LogP contribution in [0.2, 0.25) is 0 Å². The lowest BCUT2D eigenvalue weighted by Gasteiger charge is -2.11. The van der Waals surface area contributed by atoms with Crippen LogP contribution in [-0.2, 0) is 11.3 Å². The van der Waals surface area contributed by atoms with Gasteiger partial charge in [-0.2, -0.15) is 0 Å². The van der Waals surface area contributed by atoms with Crippen molar-refractivity contribution in [2.45, 2.75) is 6.61 Å². The second-order valence-electron chi connectivity index (χ2n) is 4.00. The third kappa shape index (κ3) is 3.22. The van der Waals surface area contributed by atoms with Crippen molar-refractivity contribution in [3.05, 3.63) is 59.8 Å². The number of aromatic nitrogens is 2. The molecule has 0 aromatic carbocycles. The van der Waals surface area contributed by atoms with E-state index in [2.05, 4.69) is 16.5 Å². The Labute approximate surface area is 121 Å². The van der Waals surface area contributed by atoms with Crippen molar-refractivity contribution in [1.82, 2.24) is 9.97 Å². The second-order valence-corrected chi connectivity index (χ2v) is 4.00. The summed E-state index contributed by atoms with van der Waals surface area (Å²) in [5.74, 6) is -1.05. The minimum Gasteiger partial charge on any atom is -0.470 e. The Morgan fingerprint density at radius 1 is 1.38 bits per heavy atom. The van der Waals surface area contributed by atoms with E-state index in [1.807, 2.05) is 0 Å². The summed E-state index contributed by atoms with van der Waals surface area (Å²) in [5.41, 5.74) is 0.791. The molecule has 0 saturated carbocycles. The van der Waals surface area contributed by atoms with Crippen LogP contribution < -0.4 is 4.74 Å². The zero-order valence-corrected chi connectivity index (χ0v) is 11.4. The van der Waals surface area contributed by atoms with Gasteiger partial charge < -0.3 is 9.47 Å². The molecule has 2 aromatic heterocycles. The Hall–Kier alpha value is -2.76. The molecule has 0 amide bonds. The van der Waals surface area contributed by atoms with Gasteiger partial charge in [0.15, 0.2) is 0 Å². The van der Waals surface area contributed by atoms with E-state index in [-0.39, 0.29) is 23.7 Å². The molecule has 0 spiro atoms. The molecule has 0 N–H and O–H groups in total. The molecule has 0 aliphatic heterocycles. The minimum absolute atomic E-state index is 0.0457. The first-order valence-electron chi connectivity index (χ1n) is 6.09. The number of hydrogen-bond acceptors (Lipinski definition) is 5. The first-order valence-corrected chi connectivity index (χ1v) is 6.09. The molecule has 2 aromatic rings. The number of hydrogen-bond donors (Lipinski definition) is 0. The molecular formula is C15H13FN2O3. The molecule has 5 nitrogen and oxygen atoms in total. The summed E-state index contributed by atoms with van der Waals surface area (Å²) < 4.78 is 23.6. The first kappa shape index (κ1) is 14.6. The number of carbonyl (C=O) groups is 1. The summed E-state index contributed by atoms with van der Waals surface area (Å²) in [6.45, 7) is 3.47. The van der Waals surface area contributed by atoms with Gasteiger partial charge in [0, 0.05) is 12.4 Å². The Bertz CT molecular complexity index is 674. The summed E-state index contributed by atoms with van der Waals surface area (Å²) >= 11 is 0. The molecule has 0 fully saturated rings. The zero-order valence-electron chi connectivity index (χ0n) is 11.4. The highest BCUT2D eigenvalue weighted by molar-refractivity contribution is 5.95. The normalized spacial score (nSPS) is 10.0. The third-order valence-electron chi connectivity index (χ3n) is 2.74. The first-order chi connectivity index (χ1) is 10.2. The fraction of sp³-hybridized carbons (Fsp3) is 0.133. The number of nitrogens with zero attached hydrogens (tertiary/aromatic N) is 2. The van der Waals surface area contributed by atoms with E-state index in [0.29, 0.717) is 5.56 Å². The van der Waals surface area contributed by atoms with Crippen LogP contribution >= 0.6 is 0 Å². The average Bonchev–Trinajstić information content (AvgIpc) is 2.53. The lowest BCUT2D eigenvalue weighted by molar-refractivity contribution is 0.0594. The molecular weight excluding hydrogens is 275 g/mol. The summed E-state index contributed by atoms with van der Waals surface area (Å²) in [6.07, 6.45) is 4.41.